The molecule has 0 amide bonds. The molecule has 2 aliphatic rings. The van der Waals surface area contributed by atoms with E-state index in [0.29, 0.717) is 11.5 Å². The van der Waals surface area contributed by atoms with Gasteiger partial charge in [-0.05, 0) is 70.2 Å². The number of ether oxygens (including phenoxy) is 4. The Morgan fingerprint density at radius 2 is 0.949 bits per heavy atom. The van der Waals surface area contributed by atoms with Gasteiger partial charge in [-0.2, -0.15) is 0 Å². The van der Waals surface area contributed by atoms with Crippen LogP contribution in [-0.2, 0) is 25.8 Å². The number of fused-ring (bicyclic) bond motifs is 4. The Balaban J connectivity index is 2.01. The first-order chi connectivity index (χ1) is 17.6. The number of carbonyl (C=O) groups is 2. The van der Waals surface area contributed by atoms with Crippen LogP contribution in [0.2, 0.25) is 0 Å². The van der Waals surface area contributed by atoms with Gasteiger partial charge in [-0.1, -0.05) is 27.7 Å². The fourth-order valence-electron chi connectivity index (χ4n) is 6.49. The summed E-state index contributed by atoms with van der Waals surface area (Å²) in [7, 11) is 0. The molecule has 1 unspecified atom stereocenters. The number of hydrogen-bond donors (Lipinski definition) is 2. The van der Waals surface area contributed by atoms with E-state index in [0.717, 1.165) is 35.1 Å². The average molecular weight is 541 g/mol. The van der Waals surface area contributed by atoms with Gasteiger partial charge in [-0.15, -0.1) is 0 Å². The topological polar surface area (TPSA) is 112 Å². The van der Waals surface area contributed by atoms with Crippen LogP contribution in [0, 0.1) is 0 Å². The van der Waals surface area contributed by atoms with Gasteiger partial charge in [0.1, 0.15) is 0 Å². The van der Waals surface area contributed by atoms with E-state index in [1.54, 1.807) is 0 Å². The van der Waals surface area contributed by atoms with Crippen LogP contribution in [0.4, 0.5) is 0 Å². The number of hydrogen-bond acceptors (Lipinski definition) is 8. The Labute approximate surface area is 230 Å². The minimum absolute atomic E-state index is 0.190. The summed E-state index contributed by atoms with van der Waals surface area (Å²) in [4.78, 5) is 23.9. The van der Waals surface area contributed by atoms with E-state index in [-0.39, 0.29) is 22.3 Å². The highest BCUT2D eigenvalue weighted by atomic mass is 16.7. The van der Waals surface area contributed by atoms with Crippen LogP contribution in [-0.4, -0.2) is 33.7 Å². The lowest BCUT2D eigenvalue weighted by atomic mass is 9.72. The normalized spacial score (nSPS) is 20.8. The quantitative estimate of drug-likeness (QED) is 0.285. The van der Waals surface area contributed by atoms with Gasteiger partial charge in [0.2, 0.25) is 11.6 Å². The summed E-state index contributed by atoms with van der Waals surface area (Å²) in [5.41, 5.74) is 2.93. The van der Waals surface area contributed by atoms with E-state index in [9.17, 15) is 19.8 Å². The molecule has 2 aliphatic carbocycles. The molecule has 212 valence electrons. The van der Waals surface area contributed by atoms with Gasteiger partial charge < -0.3 is 29.2 Å². The number of carbonyl (C=O) groups excluding carboxylic acids is 2. The number of esters is 2. The van der Waals surface area contributed by atoms with Crippen molar-refractivity contribution in [2.75, 3.05) is 0 Å². The molecule has 0 fully saturated rings. The first kappa shape index (κ1) is 28.9. The van der Waals surface area contributed by atoms with Crippen molar-refractivity contribution in [3.05, 3.63) is 46.5 Å². The zero-order valence-electron chi connectivity index (χ0n) is 24.6. The minimum atomic E-state index is -1.50. The molecular weight excluding hydrogens is 500 g/mol. The highest BCUT2D eigenvalue weighted by Crippen LogP contribution is 2.65. The second-order valence-corrected chi connectivity index (χ2v) is 13.2. The van der Waals surface area contributed by atoms with Crippen molar-refractivity contribution in [2.45, 2.75) is 110 Å². The first-order valence-corrected chi connectivity index (χ1v) is 13.2. The van der Waals surface area contributed by atoms with Crippen LogP contribution in [0.25, 0.3) is 0 Å². The zero-order chi connectivity index (χ0) is 29.3. The summed E-state index contributed by atoms with van der Waals surface area (Å²) in [6, 6.07) is 7.44. The van der Waals surface area contributed by atoms with Gasteiger partial charge in [0.25, 0.3) is 0 Å². The third-order valence-corrected chi connectivity index (χ3v) is 7.37. The summed E-state index contributed by atoms with van der Waals surface area (Å²) >= 11 is 0. The Morgan fingerprint density at radius 1 is 0.641 bits per heavy atom. The molecule has 8 heteroatoms. The third kappa shape index (κ3) is 5.50. The van der Waals surface area contributed by atoms with Gasteiger partial charge in [0, 0.05) is 47.0 Å². The molecule has 4 rings (SSSR count). The molecular formula is C31H40O8. The van der Waals surface area contributed by atoms with Crippen LogP contribution in [0.1, 0.15) is 104 Å². The van der Waals surface area contributed by atoms with Crippen molar-refractivity contribution < 1.29 is 38.7 Å². The molecule has 0 saturated carbocycles. The molecule has 0 aliphatic heterocycles. The molecule has 0 radical (unpaired) electrons. The van der Waals surface area contributed by atoms with Gasteiger partial charge in [-0.3, -0.25) is 9.59 Å². The molecule has 0 bridgehead atoms. The Hall–Kier alpha value is -3.10. The second kappa shape index (κ2) is 8.96. The first-order valence-electron chi connectivity index (χ1n) is 13.2. The van der Waals surface area contributed by atoms with Gasteiger partial charge in [0.05, 0.1) is 0 Å². The molecule has 2 aromatic carbocycles. The molecule has 2 aromatic rings. The van der Waals surface area contributed by atoms with E-state index >= 15 is 0 Å². The summed E-state index contributed by atoms with van der Waals surface area (Å²) in [5.74, 6) is -2.96. The van der Waals surface area contributed by atoms with Gasteiger partial charge in [-0.25, -0.2) is 0 Å². The standard InChI is InChI=1S/C31H40O8/c1-17(32)36-23-11-19-21(13-24(23)37-18(2)33)31(15-27(19,3)4)16-28(5,6)20-12-25(38-29(7,8)34)26(14-22(20)31)39-30(9,10)35/h11-14,34-35H,15-16H2,1-10H3. The van der Waals surface area contributed by atoms with E-state index < -0.39 is 28.9 Å². The van der Waals surface area contributed by atoms with Crippen LogP contribution in [0.5, 0.6) is 23.0 Å². The monoisotopic (exact) mass is 540 g/mol. The minimum Gasteiger partial charge on any atom is -0.459 e. The van der Waals surface area contributed by atoms with E-state index in [4.69, 9.17) is 18.9 Å². The van der Waals surface area contributed by atoms with Crippen LogP contribution in [0.3, 0.4) is 0 Å². The van der Waals surface area contributed by atoms with E-state index in [1.165, 1.54) is 41.5 Å². The fraction of sp³-hybridized carbons (Fsp3) is 0.548. The highest BCUT2D eigenvalue weighted by Gasteiger charge is 2.57. The van der Waals surface area contributed by atoms with Crippen LogP contribution < -0.4 is 18.9 Å². The largest absolute Gasteiger partial charge is 0.459 e. The van der Waals surface area contributed by atoms with Gasteiger partial charge in [0.15, 0.2) is 23.0 Å². The maximum atomic E-state index is 12.0. The fourth-order valence-corrected chi connectivity index (χ4v) is 6.49. The van der Waals surface area contributed by atoms with Crippen molar-refractivity contribution in [1.82, 2.24) is 0 Å². The van der Waals surface area contributed by atoms with Crippen molar-refractivity contribution in [3.63, 3.8) is 0 Å². The SMILES string of the molecule is CC(=O)Oc1cc2c(cc1OC(C)=O)C1(CC2(C)C)CC(C)(C)c2cc(OC(C)(C)O)c(OC(C)(C)O)cc21. The number of rotatable bonds is 6. The lowest BCUT2D eigenvalue weighted by molar-refractivity contribution is -0.134. The molecule has 39 heavy (non-hydrogen) atoms. The molecule has 0 heterocycles. The molecule has 1 spiro atoms. The van der Waals surface area contributed by atoms with Crippen molar-refractivity contribution in [1.29, 1.82) is 0 Å². The summed E-state index contributed by atoms with van der Waals surface area (Å²) < 4.78 is 22.8. The molecule has 8 nitrogen and oxygen atoms in total. The highest BCUT2D eigenvalue weighted by molar-refractivity contribution is 5.75. The van der Waals surface area contributed by atoms with Crippen LogP contribution >= 0.6 is 0 Å². The van der Waals surface area contributed by atoms with E-state index in [2.05, 4.69) is 27.7 Å². The second-order valence-electron chi connectivity index (χ2n) is 13.2. The maximum absolute atomic E-state index is 12.0. The van der Waals surface area contributed by atoms with Crippen molar-refractivity contribution >= 4 is 11.9 Å². The van der Waals surface area contributed by atoms with E-state index in [1.807, 2.05) is 24.3 Å². The lowest BCUT2D eigenvalue weighted by Gasteiger charge is -2.31. The molecule has 2 N–H and O–H groups in total. The Bertz CT molecular complexity index is 1340. The van der Waals surface area contributed by atoms with Crippen LogP contribution in [0.15, 0.2) is 24.3 Å². The van der Waals surface area contributed by atoms with Crippen molar-refractivity contribution in [3.8, 4) is 23.0 Å². The Kier molecular flexibility index (Phi) is 6.64. The maximum Gasteiger partial charge on any atom is 0.308 e. The van der Waals surface area contributed by atoms with Gasteiger partial charge >= 0.3 is 11.9 Å². The zero-order valence-corrected chi connectivity index (χ0v) is 24.6. The number of benzene rings is 2. The molecule has 0 aromatic heterocycles. The summed E-state index contributed by atoms with van der Waals surface area (Å²) in [6.45, 7) is 17.4. The lowest BCUT2D eigenvalue weighted by Crippen LogP contribution is -2.30. The third-order valence-electron chi connectivity index (χ3n) is 7.37. The average Bonchev–Trinajstić information content (AvgIpc) is 3.05. The molecule has 0 saturated heterocycles. The number of aliphatic hydroxyl groups is 2. The summed E-state index contributed by atoms with van der Waals surface area (Å²) in [6.07, 6.45) is 1.48. The van der Waals surface area contributed by atoms with Crippen molar-refractivity contribution in [2.24, 2.45) is 0 Å². The molecule has 1 atom stereocenters. The summed E-state index contributed by atoms with van der Waals surface area (Å²) in [5, 5.41) is 21.0. The predicted molar refractivity (Wildman–Crippen MR) is 145 cm³/mol. The Morgan fingerprint density at radius 3 is 1.28 bits per heavy atom. The smallest absolute Gasteiger partial charge is 0.308 e. The predicted octanol–water partition coefficient (Wildman–Crippen LogP) is 5.40.